The summed E-state index contributed by atoms with van der Waals surface area (Å²) in [5.41, 5.74) is 4.82. The van der Waals surface area contributed by atoms with Crippen molar-refractivity contribution in [2.45, 2.75) is 46.1 Å². The van der Waals surface area contributed by atoms with Crippen molar-refractivity contribution in [2.24, 2.45) is 0 Å². The normalized spacial score (nSPS) is 11.2. The number of aromatic nitrogens is 6. The summed E-state index contributed by atoms with van der Waals surface area (Å²) in [6, 6.07) is 21.9. The summed E-state index contributed by atoms with van der Waals surface area (Å²) in [6.45, 7) is 4.18. The molecule has 0 radical (unpaired) electrons. The number of hydrogen-bond acceptors (Lipinski definition) is 8. The molecule has 0 amide bonds. The standard InChI is InChI=1S/C33H29FN6O4/c1-3-8-29-35-20(2)26(18-30-36-28(38-43-30)17-23-9-4-7-12-27(23)34)32(41)40(29)19-21-13-15-22(16-14-21)24-10-5-6-11-25(24)31-37-33(42)44-39-31/h4-7,9-16H,3,8,17-19H2,1-2H3,(H,37,39,42). The predicted molar refractivity (Wildman–Crippen MR) is 161 cm³/mol. The van der Waals surface area contributed by atoms with Gasteiger partial charge in [0.2, 0.25) is 5.89 Å². The van der Waals surface area contributed by atoms with E-state index in [1.165, 1.54) is 6.07 Å². The molecule has 0 spiro atoms. The highest BCUT2D eigenvalue weighted by Crippen LogP contribution is 2.30. The van der Waals surface area contributed by atoms with Crippen LogP contribution in [-0.2, 0) is 25.8 Å². The first-order valence-electron chi connectivity index (χ1n) is 14.3. The van der Waals surface area contributed by atoms with Gasteiger partial charge in [-0.2, -0.15) is 4.98 Å². The van der Waals surface area contributed by atoms with Gasteiger partial charge in [0.05, 0.1) is 13.0 Å². The molecule has 11 heteroatoms. The SMILES string of the molecule is CCCc1nc(C)c(Cc2nc(Cc3ccccc3F)no2)c(=O)n1Cc1ccc(-c2ccccc2-c2noc(=O)[nH]2)cc1. The Labute approximate surface area is 251 Å². The molecule has 0 saturated carbocycles. The minimum atomic E-state index is -0.619. The summed E-state index contributed by atoms with van der Waals surface area (Å²) in [5.74, 6) is 0.710. The van der Waals surface area contributed by atoms with Crippen LogP contribution in [0.1, 0.15) is 53.3 Å². The largest absolute Gasteiger partial charge is 0.439 e. The predicted octanol–water partition coefficient (Wildman–Crippen LogP) is 5.27. The third-order valence-electron chi connectivity index (χ3n) is 7.39. The van der Waals surface area contributed by atoms with Crippen LogP contribution in [0.15, 0.2) is 91.4 Å². The number of aromatic amines is 1. The zero-order valence-corrected chi connectivity index (χ0v) is 24.2. The summed E-state index contributed by atoms with van der Waals surface area (Å²) in [6.07, 6.45) is 1.78. The maximum absolute atomic E-state index is 14.1. The lowest BCUT2D eigenvalue weighted by Gasteiger charge is -2.16. The van der Waals surface area contributed by atoms with E-state index in [1.807, 2.05) is 62.4 Å². The van der Waals surface area contributed by atoms with Crippen LogP contribution in [0.25, 0.3) is 22.5 Å². The molecule has 6 aromatic rings. The molecule has 6 rings (SSSR count). The average Bonchev–Trinajstić information content (AvgIpc) is 3.67. The molecule has 0 aliphatic rings. The topological polar surface area (TPSA) is 133 Å². The molecule has 0 aliphatic heterocycles. The Morgan fingerprint density at radius 1 is 0.864 bits per heavy atom. The highest BCUT2D eigenvalue weighted by atomic mass is 19.1. The van der Waals surface area contributed by atoms with Crippen LogP contribution in [0.4, 0.5) is 4.39 Å². The summed E-state index contributed by atoms with van der Waals surface area (Å²) < 4.78 is 25.9. The molecular weight excluding hydrogens is 563 g/mol. The van der Waals surface area contributed by atoms with Gasteiger partial charge < -0.3 is 4.52 Å². The average molecular weight is 593 g/mol. The molecule has 44 heavy (non-hydrogen) atoms. The number of halogens is 1. The Bertz CT molecular complexity index is 2040. The number of rotatable bonds is 10. The minimum absolute atomic E-state index is 0.119. The maximum Gasteiger partial charge on any atom is 0.439 e. The van der Waals surface area contributed by atoms with Crippen LogP contribution in [0, 0.1) is 12.7 Å². The Balaban J connectivity index is 1.27. The highest BCUT2D eigenvalue weighted by Gasteiger charge is 2.19. The molecule has 3 heterocycles. The molecule has 0 fully saturated rings. The van der Waals surface area contributed by atoms with Crippen molar-refractivity contribution in [1.29, 1.82) is 0 Å². The molecule has 0 saturated heterocycles. The number of aryl methyl sites for hydroxylation is 2. The van der Waals surface area contributed by atoms with Crippen LogP contribution in [0.3, 0.4) is 0 Å². The van der Waals surface area contributed by atoms with E-state index < -0.39 is 5.76 Å². The molecule has 0 aliphatic carbocycles. The van der Waals surface area contributed by atoms with E-state index in [0.717, 1.165) is 28.7 Å². The van der Waals surface area contributed by atoms with Gasteiger partial charge in [0.1, 0.15) is 11.6 Å². The quantitative estimate of drug-likeness (QED) is 0.228. The number of hydrogen-bond donors (Lipinski definition) is 1. The van der Waals surface area contributed by atoms with Gasteiger partial charge in [0.25, 0.3) is 5.56 Å². The Morgan fingerprint density at radius 2 is 1.61 bits per heavy atom. The monoisotopic (exact) mass is 592 g/mol. The summed E-state index contributed by atoms with van der Waals surface area (Å²) in [4.78, 5) is 37.2. The second kappa shape index (κ2) is 12.4. The van der Waals surface area contributed by atoms with Gasteiger partial charge in [-0.1, -0.05) is 84.0 Å². The zero-order chi connectivity index (χ0) is 30.6. The second-order valence-corrected chi connectivity index (χ2v) is 10.5. The Morgan fingerprint density at radius 3 is 2.34 bits per heavy atom. The lowest BCUT2D eigenvalue weighted by atomic mass is 9.98. The van der Waals surface area contributed by atoms with Crippen LogP contribution in [-0.4, -0.2) is 29.8 Å². The van der Waals surface area contributed by atoms with Gasteiger partial charge in [-0.15, -0.1) is 0 Å². The first-order valence-corrected chi connectivity index (χ1v) is 14.3. The molecule has 0 atom stereocenters. The molecule has 0 bridgehead atoms. The van der Waals surface area contributed by atoms with Gasteiger partial charge in [-0.25, -0.2) is 14.2 Å². The van der Waals surface area contributed by atoms with Crippen molar-refractivity contribution >= 4 is 0 Å². The number of H-pyrrole nitrogens is 1. The minimum Gasteiger partial charge on any atom is -0.339 e. The van der Waals surface area contributed by atoms with E-state index in [2.05, 4.69) is 20.3 Å². The molecule has 3 aromatic heterocycles. The first kappa shape index (κ1) is 28.7. The lowest BCUT2D eigenvalue weighted by molar-refractivity contribution is 0.379. The van der Waals surface area contributed by atoms with Crippen molar-refractivity contribution < 1.29 is 13.4 Å². The summed E-state index contributed by atoms with van der Waals surface area (Å²) in [7, 11) is 0. The maximum atomic E-state index is 14.1. The van der Waals surface area contributed by atoms with Gasteiger partial charge >= 0.3 is 5.76 Å². The van der Waals surface area contributed by atoms with Gasteiger partial charge in [0, 0.05) is 29.7 Å². The van der Waals surface area contributed by atoms with Gasteiger partial charge in [0.15, 0.2) is 11.6 Å². The van der Waals surface area contributed by atoms with Gasteiger partial charge in [-0.3, -0.25) is 18.9 Å². The third-order valence-corrected chi connectivity index (χ3v) is 7.39. The first-order chi connectivity index (χ1) is 21.4. The van der Waals surface area contributed by atoms with Crippen molar-refractivity contribution in [3.05, 3.63) is 139 Å². The molecular formula is C33H29FN6O4. The molecule has 222 valence electrons. The molecule has 10 nitrogen and oxygen atoms in total. The smallest absolute Gasteiger partial charge is 0.339 e. The van der Waals surface area contributed by atoms with E-state index in [0.29, 0.717) is 47.3 Å². The van der Waals surface area contributed by atoms with Crippen LogP contribution in [0.5, 0.6) is 0 Å². The van der Waals surface area contributed by atoms with E-state index in [9.17, 15) is 14.0 Å². The fourth-order valence-electron chi connectivity index (χ4n) is 5.19. The fourth-order valence-corrected chi connectivity index (χ4v) is 5.19. The lowest BCUT2D eigenvalue weighted by Crippen LogP contribution is -2.30. The van der Waals surface area contributed by atoms with Crippen molar-refractivity contribution in [3.8, 4) is 22.5 Å². The van der Waals surface area contributed by atoms with Crippen LogP contribution >= 0.6 is 0 Å². The number of nitrogens with one attached hydrogen (secondary N) is 1. The molecule has 3 aromatic carbocycles. The van der Waals surface area contributed by atoms with E-state index in [-0.39, 0.29) is 30.1 Å². The third kappa shape index (κ3) is 6.03. The number of nitrogens with zero attached hydrogens (tertiary/aromatic N) is 5. The van der Waals surface area contributed by atoms with Crippen molar-refractivity contribution in [2.75, 3.05) is 0 Å². The fraction of sp³-hybridized carbons (Fsp3) is 0.212. The molecule has 1 N–H and O–H groups in total. The highest BCUT2D eigenvalue weighted by molar-refractivity contribution is 5.80. The zero-order valence-electron chi connectivity index (χ0n) is 24.2. The molecule has 0 unspecified atom stereocenters. The van der Waals surface area contributed by atoms with Crippen LogP contribution in [0.2, 0.25) is 0 Å². The van der Waals surface area contributed by atoms with E-state index in [4.69, 9.17) is 14.0 Å². The second-order valence-electron chi connectivity index (χ2n) is 10.5. The summed E-state index contributed by atoms with van der Waals surface area (Å²) in [5, 5.41) is 7.83. The Kier molecular flexibility index (Phi) is 8.09. The van der Waals surface area contributed by atoms with E-state index >= 15 is 0 Å². The van der Waals surface area contributed by atoms with Crippen molar-refractivity contribution in [3.63, 3.8) is 0 Å². The van der Waals surface area contributed by atoms with Gasteiger partial charge in [-0.05, 0) is 41.7 Å². The summed E-state index contributed by atoms with van der Waals surface area (Å²) >= 11 is 0. The van der Waals surface area contributed by atoms with Crippen LogP contribution < -0.4 is 11.3 Å². The number of benzene rings is 3. The Hall–Kier alpha value is -5.45. The van der Waals surface area contributed by atoms with Crippen molar-refractivity contribution in [1.82, 2.24) is 29.8 Å². The van der Waals surface area contributed by atoms with E-state index in [1.54, 1.807) is 22.8 Å².